The largest absolute Gasteiger partial charge is 0.481 e. The van der Waals surface area contributed by atoms with Gasteiger partial charge in [-0.25, -0.2) is 8.78 Å². The van der Waals surface area contributed by atoms with Gasteiger partial charge in [0.1, 0.15) is 0 Å². The van der Waals surface area contributed by atoms with Crippen molar-refractivity contribution in [2.75, 3.05) is 19.0 Å². The number of anilines is 1. The second-order valence-corrected chi connectivity index (χ2v) is 5.69. The van der Waals surface area contributed by atoms with Crippen LogP contribution in [0.4, 0.5) is 14.5 Å². The maximum absolute atomic E-state index is 13.3. The summed E-state index contributed by atoms with van der Waals surface area (Å²) in [7, 11) is 3.73. The van der Waals surface area contributed by atoms with E-state index in [1.54, 1.807) is 18.2 Å². The molecular formula is C15H19F2NO2. The fourth-order valence-electron chi connectivity index (χ4n) is 2.75. The van der Waals surface area contributed by atoms with E-state index in [1.807, 2.05) is 25.1 Å². The van der Waals surface area contributed by atoms with Crippen LogP contribution in [0.15, 0.2) is 24.3 Å². The molecule has 1 N–H and O–H groups in total. The second-order valence-electron chi connectivity index (χ2n) is 5.69. The molecule has 1 aliphatic carbocycles. The summed E-state index contributed by atoms with van der Waals surface area (Å²) in [6, 6.07) is 7.17. The Morgan fingerprint density at radius 2 is 1.80 bits per heavy atom. The van der Waals surface area contributed by atoms with Crippen LogP contribution in [-0.4, -0.2) is 31.1 Å². The monoisotopic (exact) mass is 283 g/mol. The van der Waals surface area contributed by atoms with Crippen LogP contribution < -0.4 is 4.90 Å². The van der Waals surface area contributed by atoms with Crippen molar-refractivity contribution in [3.05, 3.63) is 29.8 Å². The minimum atomic E-state index is -2.74. The van der Waals surface area contributed by atoms with E-state index in [-0.39, 0.29) is 25.7 Å². The van der Waals surface area contributed by atoms with Crippen LogP contribution in [0.3, 0.4) is 0 Å². The molecule has 1 aromatic carbocycles. The number of alkyl halides is 2. The van der Waals surface area contributed by atoms with E-state index in [9.17, 15) is 18.7 Å². The van der Waals surface area contributed by atoms with E-state index < -0.39 is 17.3 Å². The fourth-order valence-corrected chi connectivity index (χ4v) is 2.75. The van der Waals surface area contributed by atoms with Gasteiger partial charge in [0.05, 0.1) is 5.41 Å². The normalized spacial score (nSPS) is 20.4. The summed E-state index contributed by atoms with van der Waals surface area (Å²) in [4.78, 5) is 13.6. The van der Waals surface area contributed by atoms with Gasteiger partial charge >= 0.3 is 5.97 Å². The van der Waals surface area contributed by atoms with Gasteiger partial charge in [0.2, 0.25) is 5.92 Å². The topological polar surface area (TPSA) is 40.5 Å². The van der Waals surface area contributed by atoms with Crippen molar-refractivity contribution in [1.82, 2.24) is 0 Å². The molecule has 3 nitrogen and oxygen atoms in total. The Morgan fingerprint density at radius 3 is 2.30 bits per heavy atom. The van der Waals surface area contributed by atoms with Gasteiger partial charge < -0.3 is 10.0 Å². The minimum Gasteiger partial charge on any atom is -0.481 e. The molecule has 0 unspecified atom stereocenters. The van der Waals surface area contributed by atoms with Crippen LogP contribution in [0.5, 0.6) is 0 Å². The quantitative estimate of drug-likeness (QED) is 0.925. The highest BCUT2D eigenvalue weighted by Gasteiger charge is 2.49. The molecule has 1 aliphatic rings. The lowest BCUT2D eigenvalue weighted by molar-refractivity contribution is -0.149. The van der Waals surface area contributed by atoms with Gasteiger partial charge in [0.15, 0.2) is 0 Å². The molecule has 2 rings (SSSR count). The summed E-state index contributed by atoms with van der Waals surface area (Å²) in [5.41, 5.74) is 0.306. The Morgan fingerprint density at radius 1 is 1.20 bits per heavy atom. The summed E-state index contributed by atoms with van der Waals surface area (Å²) in [6.07, 6.45) is -0.782. The molecule has 0 atom stereocenters. The van der Waals surface area contributed by atoms with Crippen LogP contribution >= 0.6 is 0 Å². The average molecular weight is 283 g/mol. The van der Waals surface area contributed by atoms with Gasteiger partial charge in [0, 0.05) is 32.6 Å². The third-order valence-electron chi connectivity index (χ3n) is 4.16. The van der Waals surface area contributed by atoms with Crippen molar-refractivity contribution in [3.63, 3.8) is 0 Å². The van der Waals surface area contributed by atoms with Crippen molar-refractivity contribution < 1.29 is 18.7 Å². The molecule has 110 valence electrons. The Kier molecular flexibility index (Phi) is 3.71. The fraction of sp³-hybridized carbons (Fsp3) is 0.533. The number of benzene rings is 1. The zero-order valence-electron chi connectivity index (χ0n) is 11.7. The molecule has 0 saturated heterocycles. The minimum absolute atomic E-state index is 0.0216. The number of aliphatic carboxylic acids is 1. The Labute approximate surface area is 117 Å². The number of rotatable bonds is 3. The summed E-state index contributed by atoms with van der Waals surface area (Å²) in [5.74, 6) is -3.75. The van der Waals surface area contributed by atoms with Gasteiger partial charge in [-0.3, -0.25) is 4.79 Å². The van der Waals surface area contributed by atoms with Crippen molar-refractivity contribution in [2.45, 2.75) is 37.0 Å². The predicted octanol–water partition coefficient (Wildman–Crippen LogP) is 3.28. The molecule has 0 aliphatic heterocycles. The van der Waals surface area contributed by atoms with E-state index in [0.29, 0.717) is 5.56 Å². The summed E-state index contributed by atoms with van der Waals surface area (Å²) >= 11 is 0. The average Bonchev–Trinajstić information content (AvgIpc) is 2.39. The molecule has 0 radical (unpaired) electrons. The Hall–Kier alpha value is -1.65. The van der Waals surface area contributed by atoms with E-state index in [1.165, 1.54) is 0 Å². The SMILES string of the molecule is CN(C)c1cccc(C2(C(=O)O)CCC(F)(F)CC2)c1. The van der Waals surface area contributed by atoms with Crippen molar-refractivity contribution in [1.29, 1.82) is 0 Å². The van der Waals surface area contributed by atoms with Gasteiger partial charge in [-0.15, -0.1) is 0 Å². The number of carboxylic acids is 1. The smallest absolute Gasteiger partial charge is 0.314 e. The molecule has 5 heteroatoms. The van der Waals surface area contributed by atoms with Gasteiger partial charge in [-0.1, -0.05) is 12.1 Å². The lowest BCUT2D eigenvalue weighted by atomic mass is 9.68. The highest BCUT2D eigenvalue weighted by Crippen LogP contribution is 2.46. The van der Waals surface area contributed by atoms with Crippen molar-refractivity contribution in [2.24, 2.45) is 0 Å². The molecule has 20 heavy (non-hydrogen) atoms. The maximum atomic E-state index is 13.3. The lowest BCUT2D eigenvalue weighted by Crippen LogP contribution is -2.42. The molecule has 0 amide bonds. The summed E-state index contributed by atoms with van der Waals surface area (Å²) in [5, 5.41) is 9.58. The first-order valence-corrected chi connectivity index (χ1v) is 6.66. The van der Waals surface area contributed by atoms with E-state index in [2.05, 4.69) is 0 Å². The van der Waals surface area contributed by atoms with Gasteiger partial charge in [0.25, 0.3) is 0 Å². The van der Waals surface area contributed by atoms with Crippen molar-refractivity contribution >= 4 is 11.7 Å². The maximum Gasteiger partial charge on any atom is 0.314 e. The standard InChI is InChI=1S/C15H19F2NO2/c1-18(2)12-5-3-4-11(10-12)14(13(19)20)6-8-15(16,17)9-7-14/h3-5,10H,6-9H2,1-2H3,(H,19,20). The lowest BCUT2D eigenvalue weighted by Gasteiger charge is -2.37. The van der Waals surface area contributed by atoms with Crippen LogP contribution in [0.2, 0.25) is 0 Å². The first-order valence-electron chi connectivity index (χ1n) is 6.66. The highest BCUT2D eigenvalue weighted by atomic mass is 19.3. The molecule has 1 saturated carbocycles. The number of halogens is 2. The first kappa shape index (κ1) is 14.8. The van der Waals surface area contributed by atoms with E-state index in [4.69, 9.17) is 0 Å². The van der Waals surface area contributed by atoms with Crippen molar-refractivity contribution in [3.8, 4) is 0 Å². The van der Waals surface area contributed by atoms with Crippen LogP contribution in [0, 0.1) is 0 Å². The number of hydrogen-bond acceptors (Lipinski definition) is 2. The zero-order chi connectivity index (χ0) is 15.0. The number of carbonyl (C=O) groups is 1. The van der Waals surface area contributed by atoms with Crippen LogP contribution in [-0.2, 0) is 10.2 Å². The molecular weight excluding hydrogens is 264 g/mol. The van der Waals surface area contributed by atoms with Crippen LogP contribution in [0.1, 0.15) is 31.2 Å². The number of nitrogens with zero attached hydrogens (tertiary/aromatic N) is 1. The molecule has 0 spiro atoms. The Bertz CT molecular complexity index is 504. The van der Waals surface area contributed by atoms with E-state index >= 15 is 0 Å². The summed E-state index contributed by atoms with van der Waals surface area (Å²) < 4.78 is 26.7. The van der Waals surface area contributed by atoms with Gasteiger partial charge in [-0.2, -0.15) is 0 Å². The highest BCUT2D eigenvalue weighted by molar-refractivity contribution is 5.82. The number of carboxylic acid groups (broad SMARTS) is 1. The molecule has 0 aromatic heterocycles. The number of hydrogen-bond donors (Lipinski definition) is 1. The molecule has 0 bridgehead atoms. The summed E-state index contributed by atoms with van der Waals surface area (Å²) in [6.45, 7) is 0. The molecule has 0 heterocycles. The third kappa shape index (κ3) is 2.62. The molecule has 1 fully saturated rings. The molecule has 1 aromatic rings. The second kappa shape index (κ2) is 5.04. The zero-order valence-corrected chi connectivity index (χ0v) is 11.7. The Balaban J connectivity index is 2.39. The van der Waals surface area contributed by atoms with E-state index in [0.717, 1.165) is 5.69 Å². The van der Waals surface area contributed by atoms with Gasteiger partial charge in [-0.05, 0) is 30.5 Å². The van der Waals surface area contributed by atoms with Crippen LogP contribution in [0.25, 0.3) is 0 Å². The first-order chi connectivity index (χ1) is 9.27. The predicted molar refractivity (Wildman–Crippen MR) is 73.5 cm³/mol. The third-order valence-corrected chi connectivity index (χ3v) is 4.16.